The first-order valence-electron chi connectivity index (χ1n) is 8.80. The van der Waals surface area contributed by atoms with Gasteiger partial charge in [0.25, 0.3) is 0 Å². The molecule has 1 heterocycles. The third kappa shape index (κ3) is 6.73. The molecule has 0 bridgehead atoms. The normalized spacial score (nSPS) is 18.8. The molecule has 1 N–H and O–H groups in total. The van der Waals surface area contributed by atoms with Crippen LogP contribution < -0.4 is 0 Å². The fraction of sp³-hybridized carbons (Fsp3) is 0.778. The van der Waals surface area contributed by atoms with Gasteiger partial charge in [0.15, 0.2) is 0 Å². The lowest BCUT2D eigenvalue weighted by atomic mass is 10.0. The number of aliphatic hydroxyl groups excluding tert-OH is 1. The van der Waals surface area contributed by atoms with Crippen molar-refractivity contribution < 1.29 is 14.7 Å². The Morgan fingerprint density at radius 1 is 1.09 bits per heavy atom. The van der Waals surface area contributed by atoms with Crippen LogP contribution >= 0.6 is 0 Å². The van der Waals surface area contributed by atoms with Gasteiger partial charge in [0.05, 0.1) is 19.1 Å². The maximum atomic E-state index is 12.0. The highest BCUT2D eigenvalue weighted by atomic mass is 16.3. The number of rotatable bonds is 12. The second-order valence-corrected chi connectivity index (χ2v) is 6.13. The minimum atomic E-state index is -0.218. The summed E-state index contributed by atoms with van der Waals surface area (Å²) in [4.78, 5) is 24.8. The topological polar surface area (TPSA) is 57.6 Å². The Hall–Kier alpha value is -1.16. The number of hydrogen-bond donors (Lipinski definition) is 1. The van der Waals surface area contributed by atoms with E-state index in [2.05, 4.69) is 13.0 Å². The standard InChI is InChI=1S/C18H31NO3/c1-2-3-4-5-6-7-8-9-10-11-12-16-15-17(21)19(13-14-20)18(16)22/h10-11,16,20H,2-9,12-15H2,1H3. The monoisotopic (exact) mass is 309 g/mol. The first-order valence-corrected chi connectivity index (χ1v) is 8.80. The Morgan fingerprint density at radius 2 is 1.77 bits per heavy atom. The first-order chi connectivity index (χ1) is 10.7. The number of aliphatic hydroxyl groups is 1. The van der Waals surface area contributed by atoms with Gasteiger partial charge >= 0.3 is 0 Å². The molecule has 0 radical (unpaired) electrons. The summed E-state index contributed by atoms with van der Waals surface area (Å²) in [6.07, 6.45) is 15.3. The smallest absolute Gasteiger partial charge is 0.233 e. The van der Waals surface area contributed by atoms with Crippen LogP contribution in [0, 0.1) is 5.92 Å². The van der Waals surface area contributed by atoms with E-state index in [1.807, 2.05) is 6.08 Å². The molecule has 0 aromatic carbocycles. The minimum absolute atomic E-state index is 0.125. The molecule has 1 aliphatic heterocycles. The van der Waals surface area contributed by atoms with Crippen LogP contribution in [0.25, 0.3) is 0 Å². The maximum Gasteiger partial charge on any atom is 0.233 e. The third-order valence-electron chi connectivity index (χ3n) is 4.22. The molecular formula is C18H31NO3. The van der Waals surface area contributed by atoms with Crippen molar-refractivity contribution in [1.29, 1.82) is 0 Å². The lowest BCUT2D eigenvalue weighted by molar-refractivity contribution is -0.139. The highest BCUT2D eigenvalue weighted by Crippen LogP contribution is 2.22. The maximum absolute atomic E-state index is 12.0. The lowest BCUT2D eigenvalue weighted by Crippen LogP contribution is -2.33. The van der Waals surface area contributed by atoms with E-state index >= 15 is 0 Å². The summed E-state index contributed by atoms with van der Waals surface area (Å²) in [7, 11) is 0. The predicted molar refractivity (Wildman–Crippen MR) is 88.3 cm³/mol. The molecule has 0 aliphatic carbocycles. The summed E-state index contributed by atoms with van der Waals surface area (Å²) in [6.45, 7) is 2.21. The predicted octanol–water partition coefficient (Wildman–Crippen LogP) is 3.44. The SMILES string of the molecule is CCCCCCCCCC=CCC1CC(=O)N(CCO)C1=O. The van der Waals surface area contributed by atoms with Crippen LogP contribution in [0.2, 0.25) is 0 Å². The van der Waals surface area contributed by atoms with Crippen LogP contribution in [-0.2, 0) is 9.59 Å². The van der Waals surface area contributed by atoms with Crippen molar-refractivity contribution in [2.24, 2.45) is 5.92 Å². The fourth-order valence-corrected chi connectivity index (χ4v) is 2.87. The molecule has 0 spiro atoms. The summed E-state index contributed by atoms with van der Waals surface area (Å²) in [5.41, 5.74) is 0. The number of carbonyl (C=O) groups is 2. The number of likely N-dealkylation sites (tertiary alicyclic amines) is 1. The molecule has 4 heteroatoms. The van der Waals surface area contributed by atoms with E-state index in [9.17, 15) is 9.59 Å². The first kappa shape index (κ1) is 18.9. The molecule has 22 heavy (non-hydrogen) atoms. The van der Waals surface area contributed by atoms with Crippen LogP contribution in [0.15, 0.2) is 12.2 Å². The van der Waals surface area contributed by atoms with E-state index in [-0.39, 0.29) is 30.9 Å². The molecule has 1 saturated heterocycles. The second kappa shape index (κ2) is 11.4. The Morgan fingerprint density at radius 3 is 2.45 bits per heavy atom. The molecule has 1 fully saturated rings. The lowest BCUT2D eigenvalue weighted by Gasteiger charge is -2.12. The minimum Gasteiger partial charge on any atom is -0.395 e. The van der Waals surface area contributed by atoms with Crippen molar-refractivity contribution in [2.45, 2.75) is 71.1 Å². The van der Waals surface area contributed by atoms with Crippen LogP contribution in [0.1, 0.15) is 71.1 Å². The number of unbranched alkanes of at least 4 members (excludes halogenated alkanes) is 7. The molecule has 0 saturated carbocycles. The van der Waals surface area contributed by atoms with E-state index in [0.29, 0.717) is 12.8 Å². The summed E-state index contributed by atoms with van der Waals surface area (Å²) in [5, 5.41) is 8.85. The zero-order valence-corrected chi connectivity index (χ0v) is 13.9. The zero-order chi connectivity index (χ0) is 16.2. The molecule has 2 amide bonds. The molecule has 126 valence electrons. The molecule has 0 aromatic heterocycles. The molecule has 1 atom stereocenters. The van der Waals surface area contributed by atoms with Crippen LogP contribution in [0.3, 0.4) is 0 Å². The van der Waals surface area contributed by atoms with E-state index in [0.717, 1.165) is 6.42 Å². The number of imide groups is 1. The molecule has 4 nitrogen and oxygen atoms in total. The van der Waals surface area contributed by atoms with Crippen molar-refractivity contribution in [3.63, 3.8) is 0 Å². The summed E-state index contributed by atoms with van der Waals surface area (Å²) in [6, 6.07) is 0. The Kier molecular flexibility index (Phi) is 9.80. The van der Waals surface area contributed by atoms with Crippen LogP contribution in [0.5, 0.6) is 0 Å². The second-order valence-electron chi connectivity index (χ2n) is 6.13. The Bertz CT molecular complexity index is 365. The largest absolute Gasteiger partial charge is 0.395 e. The van der Waals surface area contributed by atoms with Crippen molar-refractivity contribution in [3.8, 4) is 0 Å². The van der Waals surface area contributed by atoms with Gasteiger partial charge in [0, 0.05) is 6.42 Å². The highest BCUT2D eigenvalue weighted by molar-refractivity contribution is 6.03. The van der Waals surface area contributed by atoms with Crippen molar-refractivity contribution in [3.05, 3.63) is 12.2 Å². The van der Waals surface area contributed by atoms with Gasteiger partial charge in [-0.1, -0.05) is 57.6 Å². The van der Waals surface area contributed by atoms with Crippen molar-refractivity contribution in [1.82, 2.24) is 4.90 Å². The number of allylic oxidation sites excluding steroid dienone is 2. The van der Waals surface area contributed by atoms with Gasteiger partial charge in [0.2, 0.25) is 11.8 Å². The van der Waals surface area contributed by atoms with Gasteiger partial charge in [-0.25, -0.2) is 0 Å². The molecular weight excluding hydrogens is 278 g/mol. The Labute approximate surface area is 134 Å². The number of nitrogens with zero attached hydrogens (tertiary/aromatic N) is 1. The van der Waals surface area contributed by atoms with Gasteiger partial charge in [-0.05, 0) is 19.3 Å². The van der Waals surface area contributed by atoms with Gasteiger partial charge < -0.3 is 5.11 Å². The summed E-state index contributed by atoms with van der Waals surface area (Å²) < 4.78 is 0. The average Bonchev–Trinajstić information content (AvgIpc) is 2.77. The quantitative estimate of drug-likeness (QED) is 0.341. The number of carbonyl (C=O) groups excluding carboxylic acids is 2. The molecule has 1 rings (SSSR count). The van der Waals surface area contributed by atoms with E-state index < -0.39 is 0 Å². The van der Waals surface area contributed by atoms with E-state index in [4.69, 9.17) is 5.11 Å². The highest BCUT2D eigenvalue weighted by Gasteiger charge is 2.36. The molecule has 1 unspecified atom stereocenters. The van der Waals surface area contributed by atoms with Gasteiger partial charge in [-0.15, -0.1) is 0 Å². The van der Waals surface area contributed by atoms with E-state index in [1.54, 1.807) is 0 Å². The van der Waals surface area contributed by atoms with E-state index in [1.165, 1.54) is 49.8 Å². The number of β-amino-alcohol motifs (C(OH)–C–C–N with tert-alkyl or cyclic N) is 1. The Balaban J connectivity index is 2.08. The number of hydrogen-bond acceptors (Lipinski definition) is 3. The molecule has 1 aliphatic rings. The fourth-order valence-electron chi connectivity index (χ4n) is 2.87. The van der Waals surface area contributed by atoms with Crippen molar-refractivity contribution in [2.75, 3.05) is 13.2 Å². The third-order valence-corrected chi connectivity index (χ3v) is 4.22. The van der Waals surface area contributed by atoms with Crippen LogP contribution in [0.4, 0.5) is 0 Å². The number of amides is 2. The molecule has 0 aromatic rings. The average molecular weight is 309 g/mol. The summed E-state index contributed by atoms with van der Waals surface area (Å²) >= 11 is 0. The van der Waals surface area contributed by atoms with Gasteiger partial charge in [-0.2, -0.15) is 0 Å². The van der Waals surface area contributed by atoms with Gasteiger partial charge in [-0.3, -0.25) is 14.5 Å². The van der Waals surface area contributed by atoms with Crippen LogP contribution in [-0.4, -0.2) is 35.0 Å². The zero-order valence-electron chi connectivity index (χ0n) is 13.9. The van der Waals surface area contributed by atoms with Crippen molar-refractivity contribution >= 4 is 11.8 Å². The van der Waals surface area contributed by atoms with Gasteiger partial charge in [0.1, 0.15) is 0 Å². The summed E-state index contributed by atoms with van der Waals surface area (Å²) in [5.74, 6) is -0.492.